The van der Waals surface area contributed by atoms with E-state index >= 15 is 0 Å². The van der Waals surface area contributed by atoms with E-state index in [9.17, 15) is 22.7 Å². The van der Waals surface area contributed by atoms with Crippen molar-refractivity contribution in [3.63, 3.8) is 0 Å². The van der Waals surface area contributed by atoms with Crippen LogP contribution in [0.4, 0.5) is 17.6 Å². The number of aliphatic hydroxyl groups excluding tert-OH is 1. The summed E-state index contributed by atoms with van der Waals surface area (Å²) in [5.74, 6) is 0. The molecule has 0 saturated heterocycles. The lowest BCUT2D eigenvalue weighted by Gasteiger charge is -2.14. The van der Waals surface area contributed by atoms with Gasteiger partial charge in [0, 0.05) is 0 Å². The molecule has 0 aliphatic carbocycles. The van der Waals surface area contributed by atoms with Crippen LogP contribution >= 0.6 is 0 Å². The Kier molecular flexibility index (Phi) is 3.47. The largest absolute Gasteiger partial charge is 0.416 e. The van der Waals surface area contributed by atoms with Crippen LogP contribution < -0.4 is 0 Å². The minimum absolute atomic E-state index is 0.0117. The van der Waals surface area contributed by atoms with Gasteiger partial charge in [0.15, 0.2) is 0 Å². The molecule has 1 unspecified atom stereocenters. The number of halogens is 4. The third-order valence-electron chi connectivity index (χ3n) is 1.84. The van der Waals surface area contributed by atoms with Crippen molar-refractivity contribution in [3.05, 3.63) is 47.8 Å². The van der Waals surface area contributed by atoms with E-state index in [4.69, 9.17) is 0 Å². The first-order valence-corrected chi connectivity index (χ1v) is 4.08. The summed E-state index contributed by atoms with van der Waals surface area (Å²) < 4.78 is 49.0. The summed E-state index contributed by atoms with van der Waals surface area (Å²) in [5, 5.41) is 9.24. The fourth-order valence-electron chi connectivity index (χ4n) is 1.19. The summed E-state index contributed by atoms with van der Waals surface area (Å²) >= 11 is 0. The van der Waals surface area contributed by atoms with Crippen molar-refractivity contribution in [1.29, 1.82) is 0 Å². The van der Waals surface area contributed by atoms with E-state index in [1.165, 1.54) is 12.1 Å². The predicted molar refractivity (Wildman–Crippen MR) is 46.7 cm³/mol. The maximum Gasteiger partial charge on any atom is 0.416 e. The van der Waals surface area contributed by atoms with Gasteiger partial charge in [-0.15, -0.1) is 0 Å². The highest BCUT2D eigenvalue weighted by atomic mass is 19.4. The SMILES string of the molecule is OC(C=CF)c1ccccc1C(F)(F)F. The van der Waals surface area contributed by atoms with E-state index in [1.54, 1.807) is 0 Å². The van der Waals surface area contributed by atoms with Crippen LogP contribution in [0.3, 0.4) is 0 Å². The van der Waals surface area contributed by atoms with Crippen molar-refractivity contribution in [2.75, 3.05) is 0 Å². The van der Waals surface area contributed by atoms with Gasteiger partial charge in [-0.05, 0) is 17.7 Å². The normalized spacial score (nSPS) is 14.5. The number of rotatable bonds is 2. The van der Waals surface area contributed by atoms with E-state index in [1.807, 2.05) is 0 Å². The highest BCUT2D eigenvalue weighted by molar-refractivity contribution is 5.33. The quantitative estimate of drug-likeness (QED) is 0.758. The van der Waals surface area contributed by atoms with E-state index in [0.717, 1.165) is 12.1 Å². The van der Waals surface area contributed by atoms with E-state index in [2.05, 4.69) is 0 Å². The Morgan fingerprint density at radius 1 is 1.20 bits per heavy atom. The van der Waals surface area contributed by atoms with Crippen LogP contribution in [0.2, 0.25) is 0 Å². The van der Waals surface area contributed by atoms with Crippen LogP contribution in [0.25, 0.3) is 0 Å². The predicted octanol–water partition coefficient (Wildman–Crippen LogP) is 3.22. The summed E-state index contributed by atoms with van der Waals surface area (Å²) in [6, 6.07) is 4.50. The first-order chi connectivity index (χ1) is 6.96. The minimum Gasteiger partial charge on any atom is -0.384 e. The lowest BCUT2D eigenvalue weighted by atomic mass is 10.0. The Bertz CT molecular complexity index is 357. The zero-order valence-electron chi connectivity index (χ0n) is 7.50. The topological polar surface area (TPSA) is 20.2 Å². The standard InChI is InChI=1S/C10H8F4O/c11-6-5-9(15)7-3-1-2-4-8(7)10(12,13)14/h1-6,9,15H. The molecule has 0 heterocycles. The summed E-state index contributed by atoms with van der Waals surface area (Å²) in [6.07, 6.45) is -5.49. The molecule has 1 atom stereocenters. The summed E-state index contributed by atoms with van der Waals surface area (Å²) in [4.78, 5) is 0. The molecule has 0 saturated carbocycles. The number of alkyl halides is 3. The molecule has 15 heavy (non-hydrogen) atoms. The van der Waals surface area contributed by atoms with Crippen LogP contribution in [0.1, 0.15) is 17.2 Å². The monoisotopic (exact) mass is 220 g/mol. The van der Waals surface area contributed by atoms with Gasteiger partial charge in [-0.2, -0.15) is 13.2 Å². The second-order valence-corrected chi connectivity index (χ2v) is 2.85. The summed E-state index contributed by atoms with van der Waals surface area (Å²) in [6.45, 7) is 0. The van der Waals surface area contributed by atoms with E-state index in [-0.39, 0.29) is 11.9 Å². The average Bonchev–Trinajstić information content (AvgIpc) is 2.17. The molecule has 0 fully saturated rings. The third kappa shape index (κ3) is 2.79. The molecule has 0 radical (unpaired) electrons. The molecular weight excluding hydrogens is 212 g/mol. The minimum atomic E-state index is -4.55. The second kappa shape index (κ2) is 4.44. The molecule has 82 valence electrons. The Morgan fingerprint density at radius 2 is 1.80 bits per heavy atom. The van der Waals surface area contributed by atoms with Gasteiger partial charge in [0.1, 0.15) is 6.10 Å². The smallest absolute Gasteiger partial charge is 0.384 e. The molecule has 1 aromatic carbocycles. The average molecular weight is 220 g/mol. The maximum absolute atomic E-state index is 12.4. The summed E-state index contributed by atoms with van der Waals surface area (Å²) in [7, 11) is 0. The fourth-order valence-corrected chi connectivity index (χ4v) is 1.19. The van der Waals surface area contributed by atoms with Gasteiger partial charge in [-0.1, -0.05) is 18.2 Å². The van der Waals surface area contributed by atoms with Crippen LogP contribution in [0.15, 0.2) is 36.7 Å². The van der Waals surface area contributed by atoms with Gasteiger partial charge < -0.3 is 5.11 Å². The molecule has 0 spiro atoms. The van der Waals surface area contributed by atoms with Gasteiger partial charge in [0.2, 0.25) is 0 Å². The zero-order chi connectivity index (χ0) is 11.5. The third-order valence-corrected chi connectivity index (χ3v) is 1.84. The molecule has 1 N–H and O–H groups in total. The molecule has 5 heteroatoms. The Hall–Kier alpha value is -1.36. The van der Waals surface area contributed by atoms with Gasteiger partial charge in [0.25, 0.3) is 0 Å². The van der Waals surface area contributed by atoms with Gasteiger partial charge in [-0.25, -0.2) is 4.39 Å². The highest BCUT2D eigenvalue weighted by Crippen LogP contribution is 2.34. The number of hydrogen-bond donors (Lipinski definition) is 1. The van der Waals surface area contributed by atoms with Crippen molar-refractivity contribution in [3.8, 4) is 0 Å². The summed E-state index contributed by atoms with van der Waals surface area (Å²) in [5.41, 5.74) is -1.32. The molecule has 0 amide bonds. The van der Waals surface area contributed by atoms with Crippen molar-refractivity contribution >= 4 is 0 Å². The van der Waals surface area contributed by atoms with E-state index in [0.29, 0.717) is 6.08 Å². The van der Waals surface area contributed by atoms with Crippen molar-refractivity contribution < 1.29 is 22.7 Å². The van der Waals surface area contributed by atoms with Crippen molar-refractivity contribution in [2.45, 2.75) is 12.3 Å². The molecule has 0 aromatic heterocycles. The molecular formula is C10H8F4O. The molecule has 1 aromatic rings. The Balaban J connectivity index is 3.18. The number of benzene rings is 1. The van der Waals surface area contributed by atoms with Crippen LogP contribution in [-0.2, 0) is 6.18 Å². The first-order valence-electron chi connectivity index (χ1n) is 4.08. The lowest BCUT2D eigenvalue weighted by molar-refractivity contribution is -0.138. The van der Waals surface area contributed by atoms with Crippen molar-refractivity contribution in [1.82, 2.24) is 0 Å². The Labute approximate surface area is 83.7 Å². The second-order valence-electron chi connectivity index (χ2n) is 2.85. The van der Waals surface area contributed by atoms with Crippen LogP contribution in [0.5, 0.6) is 0 Å². The fraction of sp³-hybridized carbons (Fsp3) is 0.200. The molecule has 0 aliphatic heterocycles. The van der Waals surface area contributed by atoms with Crippen LogP contribution in [0, 0.1) is 0 Å². The molecule has 1 nitrogen and oxygen atoms in total. The number of aliphatic hydroxyl groups is 1. The van der Waals surface area contributed by atoms with Crippen molar-refractivity contribution in [2.24, 2.45) is 0 Å². The number of hydrogen-bond acceptors (Lipinski definition) is 1. The Morgan fingerprint density at radius 3 is 2.33 bits per heavy atom. The lowest BCUT2D eigenvalue weighted by Crippen LogP contribution is -2.10. The van der Waals surface area contributed by atoms with Gasteiger partial charge in [-0.3, -0.25) is 0 Å². The zero-order valence-corrected chi connectivity index (χ0v) is 7.50. The maximum atomic E-state index is 12.4. The van der Waals surface area contributed by atoms with Crippen LogP contribution in [-0.4, -0.2) is 5.11 Å². The molecule has 1 rings (SSSR count). The molecule has 0 bridgehead atoms. The van der Waals surface area contributed by atoms with Gasteiger partial charge in [0.05, 0.1) is 11.9 Å². The first kappa shape index (κ1) is 11.7. The van der Waals surface area contributed by atoms with Gasteiger partial charge >= 0.3 is 6.18 Å². The highest BCUT2D eigenvalue weighted by Gasteiger charge is 2.34. The van der Waals surface area contributed by atoms with E-state index < -0.39 is 17.8 Å². The molecule has 0 aliphatic rings.